The fourth-order valence-electron chi connectivity index (χ4n) is 4.42. The SMILES string of the molecule is C[C@@H]1C[C@@H](O)c2ncnc(N3CCN(C(=O)C(CN)c4ccc(Cl)c(F)c4)CC3)c21. The second-order valence-corrected chi connectivity index (χ2v) is 8.33. The molecule has 1 aromatic carbocycles. The molecular formula is C21H25ClFN5O2. The molecule has 1 amide bonds. The van der Waals surface area contributed by atoms with E-state index in [2.05, 4.69) is 21.8 Å². The van der Waals surface area contributed by atoms with E-state index in [1.54, 1.807) is 11.0 Å². The van der Waals surface area contributed by atoms with E-state index in [0.29, 0.717) is 43.9 Å². The molecule has 1 fully saturated rings. The van der Waals surface area contributed by atoms with Crippen LogP contribution in [0.15, 0.2) is 24.5 Å². The Morgan fingerprint density at radius 3 is 2.73 bits per heavy atom. The number of halogens is 2. The first-order chi connectivity index (χ1) is 14.4. The number of amides is 1. The minimum Gasteiger partial charge on any atom is -0.387 e. The average Bonchev–Trinajstić information content (AvgIpc) is 3.05. The van der Waals surface area contributed by atoms with Crippen LogP contribution >= 0.6 is 11.6 Å². The van der Waals surface area contributed by atoms with Gasteiger partial charge in [-0.1, -0.05) is 24.6 Å². The maximum Gasteiger partial charge on any atom is 0.231 e. The molecule has 3 N–H and O–H groups in total. The zero-order valence-corrected chi connectivity index (χ0v) is 17.5. The number of carbonyl (C=O) groups excluding carboxylic acids is 1. The molecule has 0 radical (unpaired) electrons. The number of anilines is 1. The third kappa shape index (κ3) is 3.75. The summed E-state index contributed by atoms with van der Waals surface area (Å²) in [6.45, 7) is 4.42. The van der Waals surface area contributed by atoms with E-state index in [-0.39, 0.29) is 23.4 Å². The quantitative estimate of drug-likeness (QED) is 0.767. The number of aromatic nitrogens is 2. The number of nitrogens with zero attached hydrogens (tertiary/aromatic N) is 4. The summed E-state index contributed by atoms with van der Waals surface area (Å²) < 4.78 is 13.9. The summed E-state index contributed by atoms with van der Waals surface area (Å²) in [5, 5.41) is 10.2. The van der Waals surface area contributed by atoms with Gasteiger partial charge in [0.05, 0.1) is 22.7 Å². The van der Waals surface area contributed by atoms with Crippen LogP contribution in [-0.4, -0.2) is 58.6 Å². The summed E-state index contributed by atoms with van der Waals surface area (Å²) in [5.74, 6) is -0.255. The number of benzene rings is 1. The van der Waals surface area contributed by atoms with Crippen LogP contribution in [-0.2, 0) is 4.79 Å². The Morgan fingerprint density at radius 1 is 1.33 bits per heavy atom. The molecule has 0 spiro atoms. The van der Waals surface area contributed by atoms with Gasteiger partial charge in [0.2, 0.25) is 5.91 Å². The predicted molar refractivity (Wildman–Crippen MR) is 112 cm³/mol. The van der Waals surface area contributed by atoms with Crippen LogP contribution < -0.4 is 10.6 Å². The molecule has 1 saturated heterocycles. The lowest BCUT2D eigenvalue weighted by molar-refractivity contribution is -0.132. The first kappa shape index (κ1) is 21.0. The Hall–Kier alpha value is -2.29. The first-order valence-corrected chi connectivity index (χ1v) is 10.5. The maximum absolute atomic E-state index is 13.9. The Kier molecular flexibility index (Phi) is 5.90. The van der Waals surface area contributed by atoms with Crippen molar-refractivity contribution in [2.24, 2.45) is 5.73 Å². The lowest BCUT2D eigenvalue weighted by Crippen LogP contribution is -2.51. The van der Waals surface area contributed by atoms with Gasteiger partial charge < -0.3 is 20.6 Å². The zero-order valence-electron chi connectivity index (χ0n) is 16.8. The van der Waals surface area contributed by atoms with Crippen molar-refractivity contribution in [3.05, 3.63) is 52.2 Å². The Labute approximate surface area is 179 Å². The molecular weight excluding hydrogens is 409 g/mol. The number of fused-ring (bicyclic) bond motifs is 1. The van der Waals surface area contributed by atoms with E-state index >= 15 is 0 Å². The Morgan fingerprint density at radius 2 is 2.07 bits per heavy atom. The minimum atomic E-state index is -0.609. The fourth-order valence-corrected chi connectivity index (χ4v) is 4.54. The molecule has 4 rings (SSSR count). The highest BCUT2D eigenvalue weighted by Crippen LogP contribution is 2.42. The first-order valence-electron chi connectivity index (χ1n) is 10.1. The second-order valence-electron chi connectivity index (χ2n) is 7.92. The summed E-state index contributed by atoms with van der Waals surface area (Å²) >= 11 is 5.76. The molecule has 1 aliphatic carbocycles. The molecule has 1 aliphatic heterocycles. The third-order valence-corrected chi connectivity index (χ3v) is 6.36. The summed E-state index contributed by atoms with van der Waals surface area (Å²) in [6.07, 6.45) is 1.59. The van der Waals surface area contributed by atoms with Gasteiger partial charge in [0, 0.05) is 38.3 Å². The predicted octanol–water partition coefficient (Wildman–Crippen LogP) is 2.20. The third-order valence-electron chi connectivity index (χ3n) is 6.05. The molecule has 9 heteroatoms. The molecule has 1 aromatic heterocycles. The van der Waals surface area contributed by atoms with E-state index in [9.17, 15) is 14.3 Å². The van der Waals surface area contributed by atoms with Gasteiger partial charge in [-0.05, 0) is 30.0 Å². The maximum atomic E-state index is 13.9. The lowest BCUT2D eigenvalue weighted by Gasteiger charge is -2.37. The number of hydrogen-bond acceptors (Lipinski definition) is 6. The molecule has 160 valence electrons. The van der Waals surface area contributed by atoms with Gasteiger partial charge in [-0.25, -0.2) is 14.4 Å². The highest BCUT2D eigenvalue weighted by molar-refractivity contribution is 6.30. The van der Waals surface area contributed by atoms with Crippen LogP contribution in [0.5, 0.6) is 0 Å². The zero-order chi connectivity index (χ0) is 21.4. The number of piperazine rings is 1. The van der Waals surface area contributed by atoms with Crippen molar-refractivity contribution in [1.29, 1.82) is 0 Å². The van der Waals surface area contributed by atoms with Crippen LogP contribution in [0.3, 0.4) is 0 Å². The summed E-state index contributed by atoms with van der Waals surface area (Å²) in [4.78, 5) is 25.7. The number of nitrogens with two attached hydrogens (primary N) is 1. The molecule has 2 aromatic rings. The van der Waals surface area contributed by atoms with Gasteiger partial charge in [0.1, 0.15) is 18.0 Å². The van der Waals surface area contributed by atoms with Crippen molar-refractivity contribution in [3.8, 4) is 0 Å². The van der Waals surface area contributed by atoms with Gasteiger partial charge in [0.15, 0.2) is 0 Å². The van der Waals surface area contributed by atoms with Crippen LogP contribution in [0, 0.1) is 5.82 Å². The number of aliphatic hydroxyl groups excluding tert-OH is 1. The number of rotatable bonds is 4. The molecule has 3 atom stereocenters. The smallest absolute Gasteiger partial charge is 0.231 e. The number of aliphatic hydroxyl groups is 1. The molecule has 0 saturated carbocycles. The Bertz CT molecular complexity index is 951. The van der Waals surface area contributed by atoms with Crippen LogP contribution in [0.4, 0.5) is 10.2 Å². The largest absolute Gasteiger partial charge is 0.387 e. The fraction of sp³-hybridized carbons (Fsp3) is 0.476. The second kappa shape index (κ2) is 8.45. The monoisotopic (exact) mass is 433 g/mol. The van der Waals surface area contributed by atoms with Crippen molar-refractivity contribution in [2.75, 3.05) is 37.6 Å². The van der Waals surface area contributed by atoms with Gasteiger partial charge in [-0.2, -0.15) is 0 Å². The summed E-state index contributed by atoms with van der Waals surface area (Å²) in [7, 11) is 0. The van der Waals surface area contributed by atoms with Crippen molar-refractivity contribution >= 4 is 23.3 Å². The van der Waals surface area contributed by atoms with E-state index in [0.717, 1.165) is 11.4 Å². The van der Waals surface area contributed by atoms with Crippen molar-refractivity contribution in [3.63, 3.8) is 0 Å². The van der Waals surface area contributed by atoms with Crippen LogP contribution in [0.25, 0.3) is 0 Å². The van der Waals surface area contributed by atoms with Crippen molar-refractivity contribution < 1.29 is 14.3 Å². The summed E-state index contributed by atoms with van der Waals surface area (Å²) in [6, 6.07) is 4.38. The molecule has 2 aliphatic rings. The van der Waals surface area contributed by atoms with Crippen LogP contribution in [0.1, 0.15) is 48.1 Å². The molecule has 1 unspecified atom stereocenters. The lowest BCUT2D eigenvalue weighted by atomic mass is 9.97. The van der Waals surface area contributed by atoms with E-state index in [1.807, 2.05) is 0 Å². The van der Waals surface area contributed by atoms with E-state index in [1.165, 1.54) is 18.5 Å². The highest BCUT2D eigenvalue weighted by atomic mass is 35.5. The topological polar surface area (TPSA) is 95.6 Å². The summed E-state index contributed by atoms with van der Waals surface area (Å²) in [5.41, 5.74) is 8.09. The molecule has 30 heavy (non-hydrogen) atoms. The van der Waals surface area contributed by atoms with Gasteiger partial charge in [-0.3, -0.25) is 4.79 Å². The Balaban J connectivity index is 1.47. The molecule has 7 nitrogen and oxygen atoms in total. The highest BCUT2D eigenvalue weighted by Gasteiger charge is 2.34. The normalized spacial score (nSPS) is 22.2. The van der Waals surface area contributed by atoms with Gasteiger partial charge >= 0.3 is 0 Å². The van der Waals surface area contributed by atoms with Gasteiger partial charge in [-0.15, -0.1) is 0 Å². The standard InChI is InChI=1S/C21H25ClFN5O2/c1-12-8-17(29)19-18(12)20(26-11-25-19)27-4-6-28(7-5-27)21(30)14(10-24)13-2-3-15(22)16(23)9-13/h2-3,9,11-12,14,17,29H,4-8,10,24H2,1H3/t12-,14?,17-/m1/s1. The van der Waals surface area contributed by atoms with Crippen molar-refractivity contribution in [1.82, 2.24) is 14.9 Å². The number of carbonyl (C=O) groups is 1. The van der Waals surface area contributed by atoms with Crippen LogP contribution in [0.2, 0.25) is 5.02 Å². The van der Waals surface area contributed by atoms with Crippen molar-refractivity contribution in [2.45, 2.75) is 31.3 Å². The van der Waals surface area contributed by atoms with E-state index in [4.69, 9.17) is 17.3 Å². The van der Waals surface area contributed by atoms with E-state index < -0.39 is 17.8 Å². The molecule has 2 heterocycles. The number of hydrogen-bond donors (Lipinski definition) is 2. The minimum absolute atomic E-state index is 0.0207. The average molecular weight is 434 g/mol. The van der Waals surface area contributed by atoms with Gasteiger partial charge in [0.25, 0.3) is 0 Å². The molecule has 0 bridgehead atoms.